The van der Waals surface area contributed by atoms with E-state index in [0.29, 0.717) is 0 Å². The van der Waals surface area contributed by atoms with Crippen LogP contribution in [0, 0.1) is 0 Å². The van der Waals surface area contributed by atoms with Gasteiger partial charge in [-0.1, -0.05) is 30.4 Å². The van der Waals surface area contributed by atoms with Gasteiger partial charge in [0.15, 0.2) is 6.29 Å². The van der Waals surface area contributed by atoms with Gasteiger partial charge in [0.25, 0.3) is 0 Å². The Morgan fingerprint density at radius 2 is 1.92 bits per heavy atom. The van der Waals surface area contributed by atoms with Crippen molar-refractivity contribution in [3.05, 3.63) is 36.0 Å². The predicted octanol–water partition coefficient (Wildman–Crippen LogP) is 2.05. The van der Waals surface area contributed by atoms with Crippen LogP contribution in [0.1, 0.15) is 6.42 Å². The third-order valence-electron chi connectivity index (χ3n) is 1.75. The van der Waals surface area contributed by atoms with Crippen molar-refractivity contribution in [2.75, 3.05) is 14.2 Å². The SMILES string of the molecule is COC(OC)C1=CC=CC=CC1. The largest absolute Gasteiger partial charge is 0.352 e. The zero-order valence-electron chi connectivity index (χ0n) is 7.49. The molecule has 0 saturated heterocycles. The first-order valence-electron chi connectivity index (χ1n) is 3.96. The number of hydrogen-bond donors (Lipinski definition) is 0. The van der Waals surface area contributed by atoms with Crippen LogP contribution in [-0.2, 0) is 9.47 Å². The summed E-state index contributed by atoms with van der Waals surface area (Å²) in [6, 6.07) is 0. The zero-order valence-corrected chi connectivity index (χ0v) is 7.49. The van der Waals surface area contributed by atoms with Gasteiger partial charge in [-0.05, 0) is 12.0 Å². The van der Waals surface area contributed by atoms with Gasteiger partial charge in [-0.15, -0.1) is 0 Å². The minimum absolute atomic E-state index is 0.211. The molecule has 0 aromatic heterocycles. The minimum Gasteiger partial charge on any atom is -0.352 e. The Labute approximate surface area is 73.2 Å². The number of ether oxygens (including phenoxy) is 2. The molecule has 0 bridgehead atoms. The van der Waals surface area contributed by atoms with E-state index >= 15 is 0 Å². The molecule has 66 valence electrons. The summed E-state index contributed by atoms with van der Waals surface area (Å²) in [5.74, 6) is 0. The van der Waals surface area contributed by atoms with E-state index in [1.54, 1.807) is 14.2 Å². The fourth-order valence-corrected chi connectivity index (χ4v) is 1.17. The predicted molar refractivity (Wildman–Crippen MR) is 48.8 cm³/mol. The quantitative estimate of drug-likeness (QED) is 0.597. The lowest BCUT2D eigenvalue weighted by molar-refractivity contribution is -0.0758. The van der Waals surface area contributed by atoms with Gasteiger partial charge in [-0.3, -0.25) is 0 Å². The van der Waals surface area contributed by atoms with Crippen LogP contribution in [0.15, 0.2) is 36.0 Å². The fourth-order valence-electron chi connectivity index (χ4n) is 1.17. The first-order chi connectivity index (χ1) is 5.88. The average Bonchev–Trinajstić information content (AvgIpc) is 2.35. The molecule has 0 N–H and O–H groups in total. The first kappa shape index (κ1) is 9.23. The highest BCUT2D eigenvalue weighted by Crippen LogP contribution is 2.14. The van der Waals surface area contributed by atoms with Crippen LogP contribution in [0.2, 0.25) is 0 Å². The van der Waals surface area contributed by atoms with Crippen molar-refractivity contribution in [1.29, 1.82) is 0 Å². The van der Waals surface area contributed by atoms with E-state index < -0.39 is 0 Å². The molecule has 0 aromatic rings. The first-order valence-corrected chi connectivity index (χ1v) is 3.96. The number of hydrogen-bond acceptors (Lipinski definition) is 2. The highest BCUT2D eigenvalue weighted by atomic mass is 16.7. The van der Waals surface area contributed by atoms with E-state index in [0.717, 1.165) is 12.0 Å². The molecule has 0 spiro atoms. The second-order valence-electron chi connectivity index (χ2n) is 2.56. The molecule has 0 aromatic carbocycles. The van der Waals surface area contributed by atoms with Gasteiger partial charge < -0.3 is 9.47 Å². The molecule has 0 heterocycles. The van der Waals surface area contributed by atoms with Crippen LogP contribution >= 0.6 is 0 Å². The third-order valence-corrected chi connectivity index (χ3v) is 1.75. The maximum Gasteiger partial charge on any atom is 0.179 e. The van der Waals surface area contributed by atoms with Gasteiger partial charge >= 0.3 is 0 Å². The maximum atomic E-state index is 5.14. The molecule has 2 heteroatoms. The molecule has 0 atom stereocenters. The summed E-state index contributed by atoms with van der Waals surface area (Å²) in [6.07, 6.45) is 10.8. The van der Waals surface area contributed by atoms with Gasteiger partial charge in [-0.25, -0.2) is 0 Å². The molecular weight excluding hydrogens is 152 g/mol. The van der Waals surface area contributed by atoms with Gasteiger partial charge in [0, 0.05) is 14.2 Å². The summed E-state index contributed by atoms with van der Waals surface area (Å²) in [4.78, 5) is 0. The highest BCUT2D eigenvalue weighted by Gasteiger charge is 2.10. The summed E-state index contributed by atoms with van der Waals surface area (Å²) in [6.45, 7) is 0. The molecular formula is C10H14O2. The maximum absolute atomic E-state index is 5.14. The Kier molecular flexibility index (Phi) is 3.77. The molecule has 0 unspecified atom stereocenters. The summed E-state index contributed by atoms with van der Waals surface area (Å²) >= 11 is 0. The smallest absolute Gasteiger partial charge is 0.179 e. The molecule has 0 radical (unpaired) electrons. The van der Waals surface area contributed by atoms with Crippen molar-refractivity contribution in [3.63, 3.8) is 0 Å². The lowest BCUT2D eigenvalue weighted by Crippen LogP contribution is -2.15. The molecule has 0 aliphatic heterocycles. The normalized spacial score (nSPS) is 16.4. The van der Waals surface area contributed by atoms with Gasteiger partial charge in [-0.2, -0.15) is 0 Å². The minimum atomic E-state index is -0.211. The Morgan fingerprint density at radius 1 is 1.17 bits per heavy atom. The van der Waals surface area contributed by atoms with E-state index in [1.165, 1.54) is 0 Å². The molecule has 2 nitrogen and oxygen atoms in total. The van der Waals surface area contributed by atoms with E-state index in [9.17, 15) is 0 Å². The Morgan fingerprint density at radius 3 is 2.58 bits per heavy atom. The van der Waals surface area contributed by atoms with Crippen molar-refractivity contribution in [1.82, 2.24) is 0 Å². The lowest BCUT2D eigenvalue weighted by atomic mass is 10.2. The molecule has 1 rings (SSSR count). The summed E-state index contributed by atoms with van der Waals surface area (Å²) < 4.78 is 10.3. The standard InChI is InChI=1S/C10H14O2/c1-11-10(12-2)9-7-5-3-4-6-8-9/h3-7,10H,8H2,1-2H3. The molecule has 1 aliphatic carbocycles. The molecule has 0 amide bonds. The lowest BCUT2D eigenvalue weighted by Gasteiger charge is -2.15. The third kappa shape index (κ3) is 2.32. The number of allylic oxidation sites excluding steroid dienone is 5. The summed E-state index contributed by atoms with van der Waals surface area (Å²) in [5, 5.41) is 0. The van der Waals surface area contributed by atoms with Crippen molar-refractivity contribution in [3.8, 4) is 0 Å². The zero-order chi connectivity index (χ0) is 8.81. The van der Waals surface area contributed by atoms with Crippen molar-refractivity contribution < 1.29 is 9.47 Å². The van der Waals surface area contributed by atoms with Gasteiger partial charge in [0.05, 0.1) is 0 Å². The highest BCUT2D eigenvalue weighted by molar-refractivity contribution is 5.24. The Bertz CT molecular complexity index is 210. The van der Waals surface area contributed by atoms with Crippen molar-refractivity contribution in [2.45, 2.75) is 12.7 Å². The van der Waals surface area contributed by atoms with E-state index in [1.807, 2.05) is 24.3 Å². The molecule has 0 fully saturated rings. The van der Waals surface area contributed by atoms with Crippen LogP contribution in [-0.4, -0.2) is 20.5 Å². The Hall–Kier alpha value is -0.860. The number of rotatable bonds is 3. The molecule has 12 heavy (non-hydrogen) atoms. The second kappa shape index (κ2) is 4.91. The monoisotopic (exact) mass is 166 g/mol. The number of methoxy groups -OCH3 is 2. The average molecular weight is 166 g/mol. The van der Waals surface area contributed by atoms with Crippen LogP contribution in [0.4, 0.5) is 0 Å². The molecule has 0 saturated carbocycles. The Balaban J connectivity index is 2.66. The van der Waals surface area contributed by atoms with Crippen molar-refractivity contribution >= 4 is 0 Å². The topological polar surface area (TPSA) is 18.5 Å². The van der Waals surface area contributed by atoms with Gasteiger partial charge in [0.2, 0.25) is 0 Å². The van der Waals surface area contributed by atoms with Gasteiger partial charge in [0.1, 0.15) is 0 Å². The second-order valence-corrected chi connectivity index (χ2v) is 2.56. The van der Waals surface area contributed by atoms with E-state index in [4.69, 9.17) is 9.47 Å². The summed E-state index contributed by atoms with van der Waals surface area (Å²) in [7, 11) is 3.29. The van der Waals surface area contributed by atoms with Crippen LogP contribution in [0.5, 0.6) is 0 Å². The van der Waals surface area contributed by atoms with E-state index in [-0.39, 0.29) is 6.29 Å². The fraction of sp³-hybridized carbons (Fsp3) is 0.400. The molecule has 1 aliphatic rings. The van der Waals surface area contributed by atoms with Crippen LogP contribution < -0.4 is 0 Å². The summed E-state index contributed by atoms with van der Waals surface area (Å²) in [5.41, 5.74) is 1.14. The van der Waals surface area contributed by atoms with Crippen LogP contribution in [0.25, 0.3) is 0 Å². The van der Waals surface area contributed by atoms with Crippen molar-refractivity contribution in [2.24, 2.45) is 0 Å². The van der Waals surface area contributed by atoms with Crippen LogP contribution in [0.3, 0.4) is 0 Å². The van der Waals surface area contributed by atoms with E-state index in [2.05, 4.69) is 6.08 Å².